The number of carbonyl (C=O) groups excluding carboxylic acids is 1. The van der Waals surface area contributed by atoms with Gasteiger partial charge >= 0.3 is 12.2 Å². The van der Waals surface area contributed by atoms with Gasteiger partial charge in [0.2, 0.25) is 0 Å². The number of hydrogen-bond donors (Lipinski definition) is 2. The Balaban J connectivity index is 1.89. The van der Waals surface area contributed by atoms with Crippen LogP contribution in [-0.4, -0.2) is 45.9 Å². The molecule has 0 radical (unpaired) electrons. The normalized spacial score (nSPS) is 18.3. The van der Waals surface area contributed by atoms with E-state index in [2.05, 4.69) is 10.3 Å². The molecule has 9 heteroatoms. The lowest BCUT2D eigenvalue weighted by molar-refractivity contribution is -0.271. The summed E-state index contributed by atoms with van der Waals surface area (Å²) in [6, 6.07) is -0.485. The van der Waals surface area contributed by atoms with Gasteiger partial charge in [0.25, 0.3) is 0 Å². The van der Waals surface area contributed by atoms with E-state index in [1.807, 2.05) is 6.92 Å². The van der Waals surface area contributed by atoms with Gasteiger partial charge in [0.05, 0.1) is 0 Å². The van der Waals surface area contributed by atoms with Crippen molar-refractivity contribution in [1.82, 2.24) is 9.88 Å². The number of alkyl halides is 3. The second kappa shape index (κ2) is 6.41. The van der Waals surface area contributed by atoms with Crippen molar-refractivity contribution in [2.75, 3.05) is 18.4 Å². The number of urea groups is 1. The summed E-state index contributed by atoms with van der Waals surface area (Å²) >= 11 is 1.35. The molecule has 1 aromatic rings. The Kier molecular flexibility index (Phi) is 4.96. The molecular weight excluding hydrogens is 319 g/mol. The third-order valence-electron chi connectivity index (χ3n) is 3.67. The largest absolute Gasteiger partial charge is 0.417 e. The number of nitrogens with zero attached hydrogens (tertiary/aromatic N) is 2. The van der Waals surface area contributed by atoms with Crippen molar-refractivity contribution in [1.29, 1.82) is 0 Å². The maximum atomic E-state index is 12.7. The lowest BCUT2D eigenvalue weighted by Crippen LogP contribution is -2.55. The number of halogens is 3. The highest BCUT2D eigenvalue weighted by Gasteiger charge is 2.54. The van der Waals surface area contributed by atoms with Gasteiger partial charge in [-0.2, -0.15) is 13.2 Å². The summed E-state index contributed by atoms with van der Waals surface area (Å²) < 4.78 is 38.1. The topological polar surface area (TPSA) is 65.5 Å². The third-order valence-corrected chi connectivity index (χ3v) is 4.64. The van der Waals surface area contributed by atoms with Crippen LogP contribution >= 0.6 is 11.3 Å². The van der Waals surface area contributed by atoms with Crippen LogP contribution in [0.25, 0.3) is 0 Å². The van der Waals surface area contributed by atoms with Crippen molar-refractivity contribution in [3.63, 3.8) is 0 Å². The van der Waals surface area contributed by atoms with Crippen molar-refractivity contribution in [2.24, 2.45) is 0 Å². The molecule has 1 saturated heterocycles. The van der Waals surface area contributed by atoms with Crippen LogP contribution in [-0.2, 0) is 6.42 Å². The Morgan fingerprint density at radius 1 is 1.50 bits per heavy atom. The molecule has 124 valence electrons. The fourth-order valence-corrected chi connectivity index (χ4v) is 3.16. The van der Waals surface area contributed by atoms with E-state index in [9.17, 15) is 23.1 Å². The number of carbonyl (C=O) groups is 1. The van der Waals surface area contributed by atoms with Crippen molar-refractivity contribution in [2.45, 2.75) is 44.4 Å². The molecule has 0 unspecified atom stereocenters. The van der Waals surface area contributed by atoms with Crippen LogP contribution in [0.2, 0.25) is 0 Å². The van der Waals surface area contributed by atoms with E-state index < -0.39 is 30.7 Å². The van der Waals surface area contributed by atoms with E-state index in [1.54, 1.807) is 6.20 Å². The lowest BCUT2D eigenvalue weighted by Gasteiger charge is -2.38. The summed E-state index contributed by atoms with van der Waals surface area (Å²) in [5.41, 5.74) is -2.70. The van der Waals surface area contributed by atoms with E-state index in [0.717, 1.165) is 17.7 Å². The number of aromatic nitrogens is 1. The molecule has 0 aliphatic carbocycles. The number of aliphatic hydroxyl groups is 1. The minimum absolute atomic E-state index is 0.144. The third kappa shape index (κ3) is 3.70. The first kappa shape index (κ1) is 17.0. The molecule has 2 rings (SSSR count). The van der Waals surface area contributed by atoms with Crippen LogP contribution in [0.1, 0.15) is 31.1 Å². The molecule has 0 spiro atoms. The SMILES string of the molecule is CCCc1cnc(NC(=O)N2CCC(O)(C(F)(F)F)CC2)s1. The zero-order chi connectivity index (χ0) is 16.4. The van der Waals surface area contributed by atoms with Crippen LogP contribution in [0.4, 0.5) is 23.1 Å². The molecule has 0 bridgehead atoms. The second-order valence-corrected chi connectivity index (χ2v) is 6.44. The van der Waals surface area contributed by atoms with Gasteiger partial charge in [-0.15, -0.1) is 11.3 Å². The van der Waals surface area contributed by atoms with Crippen LogP contribution < -0.4 is 5.32 Å². The Morgan fingerprint density at radius 2 is 2.14 bits per heavy atom. The Hall–Kier alpha value is -1.35. The van der Waals surface area contributed by atoms with Crippen LogP contribution in [0.3, 0.4) is 0 Å². The fourth-order valence-electron chi connectivity index (χ4n) is 2.26. The van der Waals surface area contributed by atoms with Crippen LogP contribution in [0, 0.1) is 0 Å². The summed E-state index contributed by atoms with van der Waals surface area (Å²) in [6.07, 6.45) is -2.17. The zero-order valence-electron chi connectivity index (χ0n) is 12.1. The first-order valence-corrected chi connectivity index (χ1v) is 7.86. The minimum atomic E-state index is -4.67. The quantitative estimate of drug-likeness (QED) is 0.891. The average molecular weight is 337 g/mol. The summed E-state index contributed by atoms with van der Waals surface area (Å²) in [4.78, 5) is 18.4. The van der Waals surface area contributed by atoms with E-state index >= 15 is 0 Å². The highest BCUT2D eigenvalue weighted by Crippen LogP contribution is 2.38. The van der Waals surface area contributed by atoms with E-state index in [1.165, 1.54) is 16.2 Å². The standard InChI is InChI=1S/C13H18F3N3O2S/c1-2-3-9-8-17-10(22-9)18-11(20)19-6-4-12(21,5-7-19)13(14,15)16/h8,21H,2-7H2,1H3,(H,17,18,20). The van der Waals surface area contributed by atoms with Crippen molar-refractivity contribution in [3.05, 3.63) is 11.1 Å². The molecule has 1 aliphatic heterocycles. The molecular formula is C13H18F3N3O2S. The summed E-state index contributed by atoms with van der Waals surface area (Å²) in [5.74, 6) is 0. The molecule has 1 aliphatic rings. The first-order chi connectivity index (χ1) is 10.2. The number of aryl methyl sites for hydroxylation is 1. The molecule has 5 nitrogen and oxygen atoms in total. The van der Waals surface area contributed by atoms with Crippen LogP contribution in [0.5, 0.6) is 0 Å². The molecule has 0 saturated carbocycles. The average Bonchev–Trinajstić information content (AvgIpc) is 2.86. The predicted octanol–water partition coefficient (Wildman–Crippen LogP) is 3.02. The first-order valence-electron chi connectivity index (χ1n) is 7.05. The molecule has 0 atom stereocenters. The number of rotatable bonds is 3. The molecule has 2 heterocycles. The summed E-state index contributed by atoms with van der Waals surface area (Å²) in [7, 11) is 0. The number of piperidine rings is 1. The van der Waals surface area contributed by atoms with E-state index in [4.69, 9.17) is 0 Å². The van der Waals surface area contributed by atoms with Gasteiger partial charge in [-0.05, 0) is 6.42 Å². The van der Waals surface area contributed by atoms with Gasteiger partial charge in [0.15, 0.2) is 10.7 Å². The monoisotopic (exact) mass is 337 g/mol. The Bertz CT molecular complexity index is 525. The lowest BCUT2D eigenvalue weighted by atomic mass is 9.91. The van der Waals surface area contributed by atoms with E-state index in [-0.39, 0.29) is 13.1 Å². The number of amides is 2. The highest BCUT2D eigenvalue weighted by molar-refractivity contribution is 7.15. The molecule has 1 fully saturated rings. The minimum Gasteiger partial charge on any atom is -0.380 e. The fraction of sp³-hybridized carbons (Fsp3) is 0.692. The van der Waals surface area contributed by atoms with Gasteiger partial charge in [-0.25, -0.2) is 9.78 Å². The number of anilines is 1. The zero-order valence-corrected chi connectivity index (χ0v) is 12.9. The number of thiazole rings is 1. The van der Waals surface area contributed by atoms with Crippen molar-refractivity contribution in [3.8, 4) is 0 Å². The summed E-state index contributed by atoms with van der Waals surface area (Å²) in [6.45, 7) is 1.75. The molecule has 22 heavy (non-hydrogen) atoms. The maximum Gasteiger partial charge on any atom is 0.417 e. The van der Waals surface area contributed by atoms with Crippen molar-refractivity contribution >= 4 is 22.5 Å². The molecule has 2 N–H and O–H groups in total. The Morgan fingerprint density at radius 3 is 2.68 bits per heavy atom. The van der Waals surface area contributed by atoms with Crippen LogP contribution in [0.15, 0.2) is 6.20 Å². The van der Waals surface area contributed by atoms with Gasteiger partial charge in [0.1, 0.15) is 0 Å². The smallest absolute Gasteiger partial charge is 0.380 e. The number of likely N-dealkylation sites (tertiary alicyclic amines) is 1. The molecule has 1 aromatic heterocycles. The second-order valence-electron chi connectivity index (χ2n) is 5.33. The number of nitrogens with one attached hydrogen (secondary N) is 1. The molecule has 0 aromatic carbocycles. The van der Waals surface area contributed by atoms with Crippen molar-refractivity contribution < 1.29 is 23.1 Å². The Labute approximate surface area is 130 Å². The number of hydrogen-bond acceptors (Lipinski definition) is 4. The summed E-state index contributed by atoms with van der Waals surface area (Å²) in [5, 5.41) is 12.6. The van der Waals surface area contributed by atoms with E-state index in [0.29, 0.717) is 5.13 Å². The van der Waals surface area contributed by atoms with Gasteiger partial charge in [-0.1, -0.05) is 13.3 Å². The maximum absolute atomic E-state index is 12.7. The molecule has 2 amide bonds. The highest BCUT2D eigenvalue weighted by atomic mass is 32.1. The van der Waals surface area contributed by atoms with Gasteiger partial charge in [0, 0.05) is 37.0 Å². The predicted molar refractivity (Wildman–Crippen MR) is 76.9 cm³/mol. The van der Waals surface area contributed by atoms with Gasteiger partial charge in [-0.3, -0.25) is 5.32 Å². The van der Waals surface area contributed by atoms with Gasteiger partial charge < -0.3 is 10.0 Å².